The first-order chi connectivity index (χ1) is 8.88. The Hall–Kier alpha value is -1.76. The first kappa shape index (κ1) is 15.3. The molecule has 0 heterocycles. The summed E-state index contributed by atoms with van der Waals surface area (Å²) in [7, 11) is 0. The van der Waals surface area contributed by atoms with Gasteiger partial charge in [-0.3, -0.25) is 9.63 Å². The average Bonchev–Trinajstić information content (AvgIpc) is 2.30. The van der Waals surface area contributed by atoms with Crippen LogP contribution in [0.15, 0.2) is 24.3 Å². The van der Waals surface area contributed by atoms with E-state index in [0.717, 1.165) is 5.56 Å². The number of benzene rings is 1. The van der Waals surface area contributed by atoms with E-state index in [1.165, 1.54) is 0 Å². The Morgan fingerprint density at radius 1 is 1.32 bits per heavy atom. The summed E-state index contributed by atoms with van der Waals surface area (Å²) in [6, 6.07) is 7.23. The summed E-state index contributed by atoms with van der Waals surface area (Å²) in [6.07, 6.45) is -4.56. The number of para-hydroxylation sites is 1. The fraction of sp³-hybridized carbons (Fsp3) is 0.417. The van der Waals surface area contributed by atoms with E-state index in [4.69, 9.17) is 4.74 Å². The van der Waals surface area contributed by atoms with Gasteiger partial charge in [0.15, 0.2) is 6.61 Å². The predicted octanol–water partition coefficient (Wildman–Crippen LogP) is 2.37. The SMILES string of the molecule is Cc1ccccc1OCCC(=O)NOCC(F)(F)F. The molecule has 1 aromatic rings. The summed E-state index contributed by atoms with van der Waals surface area (Å²) >= 11 is 0. The van der Waals surface area contributed by atoms with Crippen molar-refractivity contribution in [2.45, 2.75) is 19.5 Å². The van der Waals surface area contributed by atoms with Crippen molar-refractivity contribution >= 4 is 5.91 Å². The molecular formula is C12H14F3NO3. The number of amides is 1. The largest absolute Gasteiger partial charge is 0.493 e. The molecule has 0 unspecified atom stereocenters. The topological polar surface area (TPSA) is 47.6 Å². The van der Waals surface area contributed by atoms with Crippen LogP contribution in [0.25, 0.3) is 0 Å². The maximum atomic E-state index is 11.7. The molecular weight excluding hydrogens is 263 g/mol. The van der Waals surface area contributed by atoms with Crippen molar-refractivity contribution < 1.29 is 27.5 Å². The van der Waals surface area contributed by atoms with Gasteiger partial charge in [0.05, 0.1) is 13.0 Å². The van der Waals surface area contributed by atoms with Crippen LogP contribution in [-0.2, 0) is 9.63 Å². The first-order valence-electron chi connectivity index (χ1n) is 5.54. The van der Waals surface area contributed by atoms with Crippen molar-refractivity contribution in [2.24, 2.45) is 0 Å². The summed E-state index contributed by atoms with van der Waals surface area (Å²) < 4.78 is 40.5. The van der Waals surface area contributed by atoms with Gasteiger partial charge in [-0.1, -0.05) is 18.2 Å². The standard InChI is InChI=1S/C12H14F3NO3/c1-9-4-2-3-5-10(9)18-7-6-11(17)16-19-8-12(13,14)15/h2-5H,6-8H2,1H3,(H,16,17). The van der Waals surface area contributed by atoms with E-state index in [1.54, 1.807) is 17.6 Å². The number of hydrogen-bond acceptors (Lipinski definition) is 3. The van der Waals surface area contributed by atoms with E-state index in [-0.39, 0.29) is 13.0 Å². The molecule has 0 atom stereocenters. The highest BCUT2D eigenvalue weighted by Gasteiger charge is 2.28. The Morgan fingerprint density at radius 2 is 2.00 bits per heavy atom. The van der Waals surface area contributed by atoms with E-state index in [9.17, 15) is 18.0 Å². The maximum absolute atomic E-state index is 11.7. The molecule has 19 heavy (non-hydrogen) atoms. The van der Waals surface area contributed by atoms with Crippen LogP contribution in [0.4, 0.5) is 13.2 Å². The lowest BCUT2D eigenvalue weighted by atomic mass is 10.2. The molecule has 0 aromatic heterocycles. The lowest BCUT2D eigenvalue weighted by molar-refractivity contribution is -0.191. The minimum Gasteiger partial charge on any atom is -0.493 e. The van der Waals surface area contributed by atoms with Gasteiger partial charge < -0.3 is 4.74 Å². The third-order valence-electron chi connectivity index (χ3n) is 2.10. The van der Waals surface area contributed by atoms with Crippen molar-refractivity contribution in [1.82, 2.24) is 5.48 Å². The Labute approximate surface area is 108 Å². The van der Waals surface area contributed by atoms with Gasteiger partial charge in [0, 0.05) is 0 Å². The summed E-state index contributed by atoms with van der Waals surface area (Å²) in [4.78, 5) is 15.1. The van der Waals surface area contributed by atoms with Crippen LogP contribution in [0.2, 0.25) is 0 Å². The number of ether oxygens (including phenoxy) is 1. The molecule has 0 bridgehead atoms. The molecule has 4 nitrogen and oxygen atoms in total. The van der Waals surface area contributed by atoms with Gasteiger partial charge >= 0.3 is 6.18 Å². The van der Waals surface area contributed by atoms with E-state index in [0.29, 0.717) is 5.75 Å². The zero-order valence-corrected chi connectivity index (χ0v) is 10.3. The van der Waals surface area contributed by atoms with Crippen LogP contribution in [0.5, 0.6) is 5.75 Å². The number of halogens is 3. The molecule has 0 aliphatic heterocycles. The van der Waals surface area contributed by atoms with Crippen molar-refractivity contribution in [3.8, 4) is 5.75 Å². The molecule has 1 amide bonds. The zero-order valence-electron chi connectivity index (χ0n) is 10.3. The number of hydroxylamine groups is 1. The number of carbonyl (C=O) groups is 1. The molecule has 0 radical (unpaired) electrons. The highest BCUT2D eigenvalue weighted by molar-refractivity contribution is 5.74. The van der Waals surface area contributed by atoms with Crippen molar-refractivity contribution in [1.29, 1.82) is 0 Å². The van der Waals surface area contributed by atoms with Crippen LogP contribution in [-0.4, -0.2) is 25.3 Å². The Balaban J connectivity index is 2.19. The van der Waals surface area contributed by atoms with Crippen molar-refractivity contribution in [3.63, 3.8) is 0 Å². The third kappa shape index (κ3) is 6.66. The van der Waals surface area contributed by atoms with Gasteiger partial charge in [-0.2, -0.15) is 13.2 Å². The van der Waals surface area contributed by atoms with Crippen LogP contribution >= 0.6 is 0 Å². The molecule has 0 saturated heterocycles. The van der Waals surface area contributed by atoms with Gasteiger partial charge in [0.2, 0.25) is 5.91 Å². The lowest BCUT2D eigenvalue weighted by Gasteiger charge is -2.10. The first-order valence-corrected chi connectivity index (χ1v) is 5.54. The number of rotatable bonds is 6. The van der Waals surface area contributed by atoms with Gasteiger partial charge in [0.1, 0.15) is 5.75 Å². The fourth-order valence-corrected chi connectivity index (χ4v) is 1.22. The average molecular weight is 277 g/mol. The Morgan fingerprint density at radius 3 is 2.63 bits per heavy atom. The molecule has 7 heteroatoms. The summed E-state index contributed by atoms with van der Waals surface area (Å²) in [6.45, 7) is 0.394. The second kappa shape index (κ2) is 6.98. The lowest BCUT2D eigenvalue weighted by Crippen LogP contribution is -2.30. The number of carbonyl (C=O) groups excluding carboxylic acids is 1. The summed E-state index contributed by atoms with van der Waals surface area (Å²) in [5, 5.41) is 0. The van der Waals surface area contributed by atoms with Crippen molar-refractivity contribution in [2.75, 3.05) is 13.2 Å². The molecule has 106 valence electrons. The molecule has 0 aliphatic carbocycles. The van der Waals surface area contributed by atoms with Crippen LogP contribution in [0.3, 0.4) is 0 Å². The number of aryl methyl sites for hydroxylation is 1. The van der Waals surface area contributed by atoms with E-state index < -0.39 is 18.7 Å². The molecule has 0 fully saturated rings. The Kier molecular flexibility index (Phi) is 5.62. The van der Waals surface area contributed by atoms with Gasteiger partial charge in [-0.15, -0.1) is 0 Å². The second-order valence-corrected chi connectivity index (χ2v) is 3.79. The minimum absolute atomic E-state index is 0.0616. The fourth-order valence-electron chi connectivity index (χ4n) is 1.22. The summed E-state index contributed by atoms with van der Waals surface area (Å²) in [5.41, 5.74) is 2.61. The highest BCUT2D eigenvalue weighted by Crippen LogP contribution is 2.16. The normalized spacial score (nSPS) is 11.2. The minimum atomic E-state index is -4.47. The van der Waals surface area contributed by atoms with Crippen LogP contribution < -0.4 is 10.2 Å². The van der Waals surface area contributed by atoms with E-state index in [2.05, 4.69) is 4.84 Å². The molecule has 1 aromatic carbocycles. The van der Waals surface area contributed by atoms with Gasteiger partial charge in [0.25, 0.3) is 0 Å². The molecule has 1 rings (SSSR count). The smallest absolute Gasteiger partial charge is 0.414 e. The molecule has 0 spiro atoms. The van der Waals surface area contributed by atoms with Gasteiger partial charge in [-0.05, 0) is 18.6 Å². The van der Waals surface area contributed by atoms with Gasteiger partial charge in [-0.25, -0.2) is 5.48 Å². The molecule has 0 aliphatic rings. The van der Waals surface area contributed by atoms with E-state index in [1.807, 2.05) is 19.1 Å². The van der Waals surface area contributed by atoms with E-state index >= 15 is 0 Å². The quantitative estimate of drug-likeness (QED) is 0.812. The highest BCUT2D eigenvalue weighted by atomic mass is 19.4. The summed E-state index contributed by atoms with van der Waals surface area (Å²) in [5.74, 6) is -0.0376. The number of nitrogens with one attached hydrogen (secondary N) is 1. The maximum Gasteiger partial charge on any atom is 0.414 e. The monoisotopic (exact) mass is 277 g/mol. The predicted molar refractivity (Wildman–Crippen MR) is 61.4 cm³/mol. The second-order valence-electron chi connectivity index (χ2n) is 3.79. The van der Waals surface area contributed by atoms with Crippen LogP contribution in [0, 0.1) is 6.92 Å². The van der Waals surface area contributed by atoms with Crippen molar-refractivity contribution in [3.05, 3.63) is 29.8 Å². The third-order valence-corrected chi connectivity index (χ3v) is 2.10. The van der Waals surface area contributed by atoms with Crippen LogP contribution in [0.1, 0.15) is 12.0 Å². The Bertz CT molecular complexity index is 421. The molecule has 0 saturated carbocycles. The molecule has 1 N–H and O–H groups in total. The number of alkyl halides is 3. The zero-order chi connectivity index (χ0) is 14.3. The number of hydrogen-bond donors (Lipinski definition) is 1.